The highest BCUT2D eigenvalue weighted by molar-refractivity contribution is 9.09. The summed E-state index contributed by atoms with van der Waals surface area (Å²) in [6.07, 6.45) is 9.81. The van der Waals surface area contributed by atoms with Crippen LogP contribution in [0, 0.1) is 12.8 Å². The van der Waals surface area contributed by atoms with E-state index >= 15 is 0 Å². The summed E-state index contributed by atoms with van der Waals surface area (Å²) >= 11 is 3.87. The molecule has 1 heteroatoms. The van der Waals surface area contributed by atoms with Gasteiger partial charge in [-0.2, -0.15) is 0 Å². The third-order valence-corrected chi connectivity index (χ3v) is 4.55. The quantitative estimate of drug-likeness (QED) is 0.664. The van der Waals surface area contributed by atoms with Crippen molar-refractivity contribution in [3.8, 4) is 0 Å². The van der Waals surface area contributed by atoms with E-state index in [0.29, 0.717) is 4.83 Å². The van der Waals surface area contributed by atoms with Gasteiger partial charge in [-0.1, -0.05) is 77.9 Å². The summed E-state index contributed by atoms with van der Waals surface area (Å²) in [5.74, 6) is 0.970. The van der Waals surface area contributed by atoms with E-state index in [4.69, 9.17) is 0 Å². The zero-order chi connectivity index (χ0) is 12.1. The maximum absolute atomic E-state index is 3.87. The zero-order valence-electron chi connectivity index (χ0n) is 10.8. The Labute approximate surface area is 114 Å². The summed E-state index contributed by atoms with van der Waals surface area (Å²) in [6.45, 7) is 2.17. The second-order valence-corrected chi connectivity index (χ2v) is 6.83. The second kappa shape index (κ2) is 6.58. The van der Waals surface area contributed by atoms with Crippen LogP contribution in [0.4, 0.5) is 0 Å². The van der Waals surface area contributed by atoms with Crippen LogP contribution < -0.4 is 0 Å². The highest BCUT2D eigenvalue weighted by atomic mass is 79.9. The molecule has 0 saturated heterocycles. The molecule has 1 aliphatic carbocycles. The van der Waals surface area contributed by atoms with Crippen LogP contribution in [0.1, 0.15) is 49.7 Å². The van der Waals surface area contributed by atoms with Crippen LogP contribution in [0.3, 0.4) is 0 Å². The van der Waals surface area contributed by atoms with Gasteiger partial charge in [-0.15, -0.1) is 0 Å². The van der Waals surface area contributed by atoms with Crippen molar-refractivity contribution < 1.29 is 0 Å². The SMILES string of the molecule is Cc1cccc(CC(Br)CC2CCCCC2)c1. The van der Waals surface area contributed by atoms with Gasteiger partial charge >= 0.3 is 0 Å². The molecule has 0 N–H and O–H groups in total. The molecule has 17 heavy (non-hydrogen) atoms. The Morgan fingerprint density at radius 3 is 2.71 bits per heavy atom. The molecule has 1 aliphatic rings. The van der Waals surface area contributed by atoms with Gasteiger partial charge in [0.1, 0.15) is 0 Å². The van der Waals surface area contributed by atoms with Crippen molar-refractivity contribution in [2.75, 3.05) is 0 Å². The van der Waals surface area contributed by atoms with Crippen molar-refractivity contribution >= 4 is 15.9 Å². The van der Waals surface area contributed by atoms with E-state index in [1.807, 2.05) is 0 Å². The van der Waals surface area contributed by atoms with E-state index in [1.165, 1.54) is 56.1 Å². The first kappa shape index (κ1) is 13.1. The first-order valence-electron chi connectivity index (χ1n) is 6.93. The predicted molar refractivity (Wildman–Crippen MR) is 78.8 cm³/mol. The molecule has 1 unspecified atom stereocenters. The molecule has 0 nitrogen and oxygen atoms in total. The van der Waals surface area contributed by atoms with Crippen molar-refractivity contribution in [2.24, 2.45) is 5.92 Å². The summed E-state index contributed by atoms with van der Waals surface area (Å²) in [7, 11) is 0. The topological polar surface area (TPSA) is 0 Å². The molecule has 1 aromatic rings. The minimum absolute atomic E-state index is 0.660. The zero-order valence-corrected chi connectivity index (χ0v) is 12.4. The van der Waals surface area contributed by atoms with Gasteiger partial charge in [0.15, 0.2) is 0 Å². The number of rotatable bonds is 4. The average molecular weight is 295 g/mol. The summed E-state index contributed by atoms with van der Waals surface area (Å²) in [5.41, 5.74) is 2.85. The maximum Gasteiger partial charge on any atom is 0.0188 e. The Hall–Kier alpha value is -0.300. The Morgan fingerprint density at radius 2 is 2.00 bits per heavy atom. The van der Waals surface area contributed by atoms with E-state index in [0.717, 1.165) is 5.92 Å². The number of hydrogen-bond donors (Lipinski definition) is 0. The molecule has 0 spiro atoms. The molecule has 1 atom stereocenters. The third-order valence-electron chi connectivity index (χ3n) is 3.85. The first-order valence-corrected chi connectivity index (χ1v) is 7.85. The van der Waals surface area contributed by atoms with E-state index in [1.54, 1.807) is 0 Å². The van der Waals surface area contributed by atoms with Crippen molar-refractivity contribution in [1.82, 2.24) is 0 Å². The summed E-state index contributed by atoms with van der Waals surface area (Å²) in [4.78, 5) is 0.660. The molecule has 1 fully saturated rings. The molecule has 2 rings (SSSR count). The Balaban J connectivity index is 1.82. The molecule has 94 valence electrons. The van der Waals surface area contributed by atoms with Crippen LogP contribution in [0.5, 0.6) is 0 Å². The minimum Gasteiger partial charge on any atom is -0.0887 e. The summed E-state index contributed by atoms with van der Waals surface area (Å²) in [6, 6.07) is 8.91. The number of halogens is 1. The van der Waals surface area contributed by atoms with E-state index < -0.39 is 0 Å². The van der Waals surface area contributed by atoms with Gasteiger partial charge < -0.3 is 0 Å². The molecule has 1 saturated carbocycles. The standard InChI is InChI=1S/C16H23Br/c1-13-6-5-9-15(10-13)12-16(17)11-14-7-3-2-4-8-14/h5-6,9-10,14,16H,2-4,7-8,11-12H2,1H3. The van der Waals surface area contributed by atoms with Gasteiger partial charge in [0.05, 0.1) is 0 Å². The van der Waals surface area contributed by atoms with Gasteiger partial charge in [-0.3, -0.25) is 0 Å². The van der Waals surface area contributed by atoms with Crippen molar-refractivity contribution in [3.05, 3.63) is 35.4 Å². The summed E-state index contributed by atoms with van der Waals surface area (Å²) in [5, 5.41) is 0. The Kier molecular flexibility index (Phi) is 5.09. The molecule has 1 aromatic carbocycles. The van der Waals surface area contributed by atoms with E-state index in [-0.39, 0.29) is 0 Å². The van der Waals surface area contributed by atoms with Gasteiger partial charge in [-0.25, -0.2) is 0 Å². The predicted octanol–water partition coefficient (Wildman–Crippen LogP) is 5.27. The molecular formula is C16H23Br. The van der Waals surface area contributed by atoms with E-state index in [9.17, 15) is 0 Å². The highest BCUT2D eigenvalue weighted by Gasteiger charge is 2.17. The summed E-state index contributed by atoms with van der Waals surface area (Å²) < 4.78 is 0. The molecular weight excluding hydrogens is 272 g/mol. The fourth-order valence-electron chi connectivity index (χ4n) is 2.96. The Bertz CT molecular complexity index is 339. The van der Waals surface area contributed by atoms with Crippen LogP contribution in [-0.4, -0.2) is 4.83 Å². The largest absolute Gasteiger partial charge is 0.0887 e. The lowest BCUT2D eigenvalue weighted by molar-refractivity contribution is 0.337. The number of aryl methyl sites for hydroxylation is 1. The van der Waals surface area contributed by atoms with E-state index in [2.05, 4.69) is 47.1 Å². The molecule has 0 heterocycles. The minimum atomic E-state index is 0.660. The second-order valence-electron chi connectivity index (χ2n) is 5.53. The molecule has 0 bridgehead atoms. The fourth-order valence-corrected chi connectivity index (χ4v) is 3.87. The van der Waals surface area contributed by atoms with Gasteiger partial charge in [0, 0.05) is 4.83 Å². The van der Waals surface area contributed by atoms with Crippen LogP contribution >= 0.6 is 15.9 Å². The van der Waals surface area contributed by atoms with Crippen molar-refractivity contribution in [1.29, 1.82) is 0 Å². The van der Waals surface area contributed by atoms with Crippen LogP contribution in [0.15, 0.2) is 24.3 Å². The molecule has 0 aromatic heterocycles. The van der Waals surface area contributed by atoms with Gasteiger partial charge in [-0.05, 0) is 31.2 Å². The average Bonchev–Trinajstić information content (AvgIpc) is 2.30. The third kappa shape index (κ3) is 4.46. The maximum atomic E-state index is 3.87. The van der Waals surface area contributed by atoms with Crippen molar-refractivity contribution in [2.45, 2.75) is 56.7 Å². The number of hydrogen-bond acceptors (Lipinski definition) is 0. The highest BCUT2D eigenvalue weighted by Crippen LogP contribution is 2.30. The monoisotopic (exact) mass is 294 g/mol. The van der Waals surface area contributed by atoms with Crippen LogP contribution in [-0.2, 0) is 6.42 Å². The van der Waals surface area contributed by atoms with Crippen molar-refractivity contribution in [3.63, 3.8) is 0 Å². The normalized spacial score (nSPS) is 19.2. The van der Waals surface area contributed by atoms with Gasteiger partial charge in [0.25, 0.3) is 0 Å². The molecule has 0 amide bonds. The first-order chi connectivity index (χ1) is 8.24. The molecule has 0 radical (unpaired) electrons. The van der Waals surface area contributed by atoms with Crippen LogP contribution in [0.2, 0.25) is 0 Å². The fraction of sp³-hybridized carbons (Fsp3) is 0.625. The molecule has 0 aliphatic heterocycles. The van der Waals surface area contributed by atoms with Crippen LogP contribution in [0.25, 0.3) is 0 Å². The van der Waals surface area contributed by atoms with Gasteiger partial charge in [0.2, 0.25) is 0 Å². The number of alkyl halides is 1. The lowest BCUT2D eigenvalue weighted by Gasteiger charge is -2.24. The smallest absolute Gasteiger partial charge is 0.0188 e. The lowest BCUT2D eigenvalue weighted by atomic mass is 9.85. The lowest BCUT2D eigenvalue weighted by Crippen LogP contribution is -2.13. The number of benzene rings is 1. The Morgan fingerprint density at radius 1 is 1.24 bits per heavy atom.